The first-order valence-corrected chi connectivity index (χ1v) is 7.91. The largest absolute Gasteiger partial charge is 0.398 e. The molecule has 0 spiro atoms. The predicted octanol–water partition coefficient (Wildman–Crippen LogP) is 2.33. The molecule has 1 rings (SSSR count). The number of nitrogens with zero attached hydrogens (tertiary/aromatic N) is 2. The lowest BCUT2D eigenvalue weighted by molar-refractivity contribution is 0.476. The summed E-state index contributed by atoms with van der Waals surface area (Å²) in [6.45, 7) is 0.126. The van der Waals surface area contributed by atoms with E-state index in [-0.39, 0.29) is 23.5 Å². The lowest BCUT2D eigenvalue weighted by Gasteiger charge is -2.18. The topological polar surface area (TPSA) is 87.2 Å². The zero-order valence-electron chi connectivity index (χ0n) is 9.52. The molecular formula is C10H11Br2N3O2S. The van der Waals surface area contributed by atoms with Crippen molar-refractivity contribution in [2.45, 2.75) is 11.3 Å². The predicted molar refractivity (Wildman–Crippen MR) is 76.3 cm³/mol. The highest BCUT2D eigenvalue weighted by Crippen LogP contribution is 2.33. The van der Waals surface area contributed by atoms with Gasteiger partial charge in [0.15, 0.2) is 0 Å². The van der Waals surface area contributed by atoms with Crippen LogP contribution in [-0.2, 0) is 10.0 Å². The molecule has 0 aromatic heterocycles. The standard InChI is InChI=1S/C10H11Br2N3O2S/c1-15(4-2-3-13)18(16,17)10-8(12)5-7(11)6-9(10)14/h5-6H,2,4,14H2,1H3. The van der Waals surface area contributed by atoms with Crippen molar-refractivity contribution >= 4 is 47.6 Å². The Kier molecular flexibility index (Phi) is 5.16. The molecule has 0 atom stereocenters. The highest BCUT2D eigenvalue weighted by molar-refractivity contribution is 9.11. The van der Waals surface area contributed by atoms with E-state index in [1.54, 1.807) is 6.07 Å². The molecule has 0 radical (unpaired) electrons. The van der Waals surface area contributed by atoms with Gasteiger partial charge >= 0.3 is 0 Å². The Labute approximate surface area is 123 Å². The van der Waals surface area contributed by atoms with E-state index in [9.17, 15) is 8.42 Å². The van der Waals surface area contributed by atoms with Crippen LogP contribution in [0.2, 0.25) is 0 Å². The Morgan fingerprint density at radius 1 is 1.44 bits per heavy atom. The van der Waals surface area contributed by atoms with E-state index in [1.165, 1.54) is 13.1 Å². The first kappa shape index (κ1) is 15.4. The fourth-order valence-electron chi connectivity index (χ4n) is 1.34. The zero-order valence-corrected chi connectivity index (χ0v) is 13.5. The van der Waals surface area contributed by atoms with E-state index in [1.807, 2.05) is 6.07 Å². The summed E-state index contributed by atoms with van der Waals surface area (Å²) in [7, 11) is -2.28. The number of rotatable bonds is 4. The quantitative estimate of drug-likeness (QED) is 0.791. The molecule has 98 valence electrons. The SMILES string of the molecule is CN(CCC#N)S(=O)(=O)c1c(N)cc(Br)cc1Br. The Balaban J connectivity index is 3.26. The molecule has 18 heavy (non-hydrogen) atoms. The fraction of sp³-hybridized carbons (Fsp3) is 0.300. The minimum Gasteiger partial charge on any atom is -0.398 e. The second kappa shape index (κ2) is 6.02. The molecule has 5 nitrogen and oxygen atoms in total. The van der Waals surface area contributed by atoms with Gasteiger partial charge in [0.2, 0.25) is 10.0 Å². The van der Waals surface area contributed by atoms with Gasteiger partial charge < -0.3 is 5.73 Å². The van der Waals surface area contributed by atoms with Crippen molar-refractivity contribution in [1.29, 1.82) is 5.26 Å². The molecule has 0 bridgehead atoms. The molecule has 0 amide bonds. The van der Waals surface area contributed by atoms with Crippen LogP contribution in [0.15, 0.2) is 26.0 Å². The minimum atomic E-state index is -3.70. The van der Waals surface area contributed by atoms with Crippen molar-refractivity contribution in [2.75, 3.05) is 19.3 Å². The van der Waals surface area contributed by atoms with Crippen LogP contribution < -0.4 is 5.73 Å². The maximum Gasteiger partial charge on any atom is 0.246 e. The van der Waals surface area contributed by atoms with Crippen LogP contribution in [-0.4, -0.2) is 26.3 Å². The Morgan fingerprint density at radius 3 is 2.56 bits per heavy atom. The second-order valence-electron chi connectivity index (χ2n) is 3.54. The number of nitrogens with two attached hydrogens (primary N) is 1. The zero-order chi connectivity index (χ0) is 13.9. The van der Waals surface area contributed by atoms with E-state index < -0.39 is 10.0 Å². The third-order valence-corrected chi connectivity index (χ3v) is 5.56. The maximum atomic E-state index is 12.3. The smallest absolute Gasteiger partial charge is 0.246 e. The third-order valence-electron chi connectivity index (χ3n) is 2.24. The molecule has 0 heterocycles. The van der Waals surface area contributed by atoms with Gasteiger partial charge in [0.05, 0.1) is 11.8 Å². The van der Waals surface area contributed by atoms with Crippen molar-refractivity contribution in [1.82, 2.24) is 4.31 Å². The van der Waals surface area contributed by atoms with Crippen LogP contribution in [0.3, 0.4) is 0 Å². The molecule has 0 aliphatic heterocycles. The molecule has 0 aliphatic rings. The highest BCUT2D eigenvalue weighted by Gasteiger charge is 2.26. The first-order valence-electron chi connectivity index (χ1n) is 4.88. The summed E-state index contributed by atoms with van der Waals surface area (Å²) in [4.78, 5) is 0.0196. The highest BCUT2D eigenvalue weighted by atomic mass is 79.9. The molecule has 0 saturated heterocycles. The molecule has 8 heteroatoms. The van der Waals surface area contributed by atoms with Crippen LogP contribution in [0.1, 0.15) is 6.42 Å². The van der Waals surface area contributed by atoms with Gasteiger partial charge in [-0.25, -0.2) is 8.42 Å². The number of benzene rings is 1. The Morgan fingerprint density at radius 2 is 2.06 bits per heavy atom. The third kappa shape index (κ3) is 3.23. The fourth-order valence-corrected chi connectivity index (χ4v) is 4.51. The number of nitrogen functional groups attached to an aromatic ring is 1. The van der Waals surface area contributed by atoms with E-state index >= 15 is 0 Å². The number of sulfonamides is 1. The van der Waals surface area contributed by atoms with Crippen molar-refractivity contribution in [3.63, 3.8) is 0 Å². The van der Waals surface area contributed by atoms with E-state index in [2.05, 4.69) is 31.9 Å². The number of halogens is 2. The van der Waals surface area contributed by atoms with Gasteiger partial charge in [0, 0.05) is 29.0 Å². The lowest BCUT2D eigenvalue weighted by Crippen LogP contribution is -2.28. The normalized spacial score (nSPS) is 11.5. The number of hydrogen-bond acceptors (Lipinski definition) is 4. The number of anilines is 1. The summed E-state index contributed by atoms with van der Waals surface area (Å²) >= 11 is 6.42. The van der Waals surface area contributed by atoms with Crippen LogP contribution in [0, 0.1) is 11.3 Å². The summed E-state index contributed by atoms with van der Waals surface area (Å²) in [6, 6.07) is 5.04. The molecule has 0 unspecified atom stereocenters. The molecule has 0 aliphatic carbocycles. The average molecular weight is 397 g/mol. The molecular weight excluding hydrogens is 386 g/mol. The Bertz CT molecular complexity index is 573. The molecule has 1 aromatic rings. The maximum absolute atomic E-state index is 12.3. The van der Waals surface area contributed by atoms with E-state index in [4.69, 9.17) is 11.0 Å². The van der Waals surface area contributed by atoms with E-state index in [0.717, 1.165) is 4.31 Å². The van der Waals surface area contributed by atoms with Gasteiger partial charge in [-0.15, -0.1) is 0 Å². The van der Waals surface area contributed by atoms with Gasteiger partial charge in [-0.05, 0) is 28.1 Å². The summed E-state index contributed by atoms with van der Waals surface area (Å²) < 4.78 is 26.7. The molecule has 2 N–H and O–H groups in total. The second-order valence-corrected chi connectivity index (χ2v) is 7.29. The van der Waals surface area contributed by atoms with Crippen LogP contribution >= 0.6 is 31.9 Å². The summed E-state index contributed by atoms with van der Waals surface area (Å²) in [5, 5.41) is 8.49. The number of nitriles is 1. The van der Waals surface area contributed by atoms with Gasteiger partial charge in [-0.2, -0.15) is 9.57 Å². The summed E-state index contributed by atoms with van der Waals surface area (Å²) in [6.07, 6.45) is 0.129. The van der Waals surface area contributed by atoms with Crippen LogP contribution in [0.25, 0.3) is 0 Å². The summed E-state index contributed by atoms with van der Waals surface area (Å²) in [5.41, 5.74) is 5.90. The van der Waals surface area contributed by atoms with Gasteiger partial charge in [0.25, 0.3) is 0 Å². The Hall–Kier alpha value is -0.620. The van der Waals surface area contributed by atoms with Crippen LogP contribution in [0.4, 0.5) is 5.69 Å². The molecule has 1 aromatic carbocycles. The van der Waals surface area contributed by atoms with Crippen LogP contribution in [0.5, 0.6) is 0 Å². The number of hydrogen-bond donors (Lipinski definition) is 1. The minimum absolute atomic E-state index is 0.0196. The lowest BCUT2D eigenvalue weighted by atomic mass is 10.3. The van der Waals surface area contributed by atoms with Crippen molar-refractivity contribution in [2.24, 2.45) is 0 Å². The van der Waals surface area contributed by atoms with E-state index in [0.29, 0.717) is 8.95 Å². The first-order chi connectivity index (χ1) is 8.30. The molecule has 0 saturated carbocycles. The van der Waals surface area contributed by atoms with Crippen molar-refractivity contribution in [3.8, 4) is 6.07 Å². The monoisotopic (exact) mass is 395 g/mol. The average Bonchev–Trinajstić information content (AvgIpc) is 2.23. The summed E-state index contributed by atoms with van der Waals surface area (Å²) in [5.74, 6) is 0. The van der Waals surface area contributed by atoms with Gasteiger partial charge in [0.1, 0.15) is 4.90 Å². The van der Waals surface area contributed by atoms with Crippen molar-refractivity contribution < 1.29 is 8.42 Å². The van der Waals surface area contributed by atoms with Crippen molar-refractivity contribution in [3.05, 3.63) is 21.1 Å². The van der Waals surface area contributed by atoms with Gasteiger partial charge in [-0.1, -0.05) is 15.9 Å². The molecule has 0 fully saturated rings. The van der Waals surface area contributed by atoms with Gasteiger partial charge in [-0.3, -0.25) is 0 Å².